The molecule has 1 saturated heterocycles. The number of carboxylic acid groups (broad SMARTS) is 1. The number of imide groups is 1. The molecule has 1 aliphatic heterocycles. The number of benzene rings is 1. The minimum atomic E-state index is -1.20. The molecule has 7 heteroatoms. The number of rotatable bonds is 3. The van der Waals surface area contributed by atoms with Gasteiger partial charge in [-0.3, -0.25) is 14.7 Å². The third-order valence-corrected chi connectivity index (χ3v) is 3.37. The molecule has 1 aliphatic rings. The SMILES string of the molecule is O=C(O)c1cc(N2C(=O)CC(c3ccccc3)C2=O)n[nH]1. The van der Waals surface area contributed by atoms with E-state index in [0.717, 1.165) is 10.5 Å². The number of aromatic nitrogens is 2. The van der Waals surface area contributed by atoms with Gasteiger partial charge in [0, 0.05) is 12.5 Å². The molecule has 2 heterocycles. The van der Waals surface area contributed by atoms with Gasteiger partial charge in [0.25, 0.3) is 0 Å². The van der Waals surface area contributed by atoms with Crippen LogP contribution in [0.3, 0.4) is 0 Å². The zero-order chi connectivity index (χ0) is 15.0. The lowest BCUT2D eigenvalue weighted by Crippen LogP contribution is -2.30. The third kappa shape index (κ3) is 2.18. The molecule has 1 aromatic heterocycles. The zero-order valence-corrected chi connectivity index (χ0v) is 10.8. The van der Waals surface area contributed by atoms with Crippen LogP contribution in [0.2, 0.25) is 0 Å². The number of aromatic amines is 1. The number of hydrogen-bond acceptors (Lipinski definition) is 4. The first-order valence-electron chi connectivity index (χ1n) is 6.28. The average molecular weight is 285 g/mol. The number of amides is 2. The quantitative estimate of drug-likeness (QED) is 0.823. The van der Waals surface area contributed by atoms with E-state index in [4.69, 9.17) is 5.11 Å². The second kappa shape index (κ2) is 4.86. The average Bonchev–Trinajstić information content (AvgIpc) is 3.05. The largest absolute Gasteiger partial charge is 0.477 e. The van der Waals surface area contributed by atoms with E-state index >= 15 is 0 Å². The van der Waals surface area contributed by atoms with Crippen LogP contribution in [-0.2, 0) is 9.59 Å². The number of aromatic carboxylic acids is 1. The molecule has 0 saturated carbocycles. The summed E-state index contributed by atoms with van der Waals surface area (Å²) in [6, 6.07) is 10.2. The Morgan fingerprint density at radius 3 is 2.62 bits per heavy atom. The molecule has 1 unspecified atom stereocenters. The molecule has 1 atom stereocenters. The van der Waals surface area contributed by atoms with Crippen molar-refractivity contribution in [3.05, 3.63) is 47.7 Å². The topological polar surface area (TPSA) is 103 Å². The summed E-state index contributed by atoms with van der Waals surface area (Å²) in [6.45, 7) is 0. The number of hydrogen-bond donors (Lipinski definition) is 2. The van der Waals surface area contributed by atoms with Gasteiger partial charge in [-0.2, -0.15) is 5.10 Å². The minimum Gasteiger partial charge on any atom is -0.477 e. The maximum atomic E-state index is 12.4. The lowest BCUT2D eigenvalue weighted by Gasteiger charge is -2.11. The van der Waals surface area contributed by atoms with Gasteiger partial charge >= 0.3 is 5.97 Å². The second-order valence-corrected chi connectivity index (χ2v) is 4.68. The van der Waals surface area contributed by atoms with Gasteiger partial charge in [0.1, 0.15) is 5.69 Å². The molecule has 2 aromatic rings. The van der Waals surface area contributed by atoms with E-state index in [-0.39, 0.29) is 17.9 Å². The molecule has 2 amide bonds. The van der Waals surface area contributed by atoms with Crippen LogP contribution in [0.25, 0.3) is 0 Å². The fourth-order valence-electron chi connectivity index (χ4n) is 2.35. The van der Waals surface area contributed by atoms with Crippen molar-refractivity contribution in [2.45, 2.75) is 12.3 Å². The zero-order valence-electron chi connectivity index (χ0n) is 10.8. The Hall–Kier alpha value is -2.96. The van der Waals surface area contributed by atoms with Gasteiger partial charge in [0.2, 0.25) is 11.8 Å². The molecule has 3 rings (SSSR count). The van der Waals surface area contributed by atoms with Gasteiger partial charge in [-0.25, -0.2) is 9.69 Å². The van der Waals surface area contributed by atoms with Crippen molar-refractivity contribution in [1.29, 1.82) is 0 Å². The van der Waals surface area contributed by atoms with Crippen molar-refractivity contribution in [3.8, 4) is 0 Å². The monoisotopic (exact) mass is 285 g/mol. The molecule has 0 spiro atoms. The molecule has 106 valence electrons. The summed E-state index contributed by atoms with van der Waals surface area (Å²) in [4.78, 5) is 36.2. The van der Waals surface area contributed by atoms with Crippen LogP contribution in [0.1, 0.15) is 28.4 Å². The number of nitrogens with one attached hydrogen (secondary N) is 1. The first kappa shape index (κ1) is 13.0. The summed E-state index contributed by atoms with van der Waals surface area (Å²) in [5, 5.41) is 14.9. The summed E-state index contributed by atoms with van der Waals surface area (Å²) in [5.74, 6) is -2.52. The Morgan fingerprint density at radius 1 is 1.29 bits per heavy atom. The summed E-state index contributed by atoms with van der Waals surface area (Å²) >= 11 is 0. The lowest BCUT2D eigenvalue weighted by molar-refractivity contribution is -0.121. The Bertz CT molecular complexity index is 723. The van der Waals surface area contributed by atoms with E-state index in [1.165, 1.54) is 6.07 Å². The first-order valence-corrected chi connectivity index (χ1v) is 6.28. The van der Waals surface area contributed by atoms with E-state index in [0.29, 0.717) is 0 Å². The molecule has 0 bridgehead atoms. The summed E-state index contributed by atoms with van der Waals surface area (Å²) in [6.07, 6.45) is 0.0537. The molecule has 0 radical (unpaired) electrons. The molecular formula is C14H11N3O4. The highest BCUT2D eigenvalue weighted by Gasteiger charge is 2.41. The van der Waals surface area contributed by atoms with Crippen molar-refractivity contribution < 1.29 is 19.5 Å². The Balaban J connectivity index is 1.92. The van der Waals surface area contributed by atoms with Crippen LogP contribution < -0.4 is 4.90 Å². The van der Waals surface area contributed by atoms with Crippen LogP contribution in [0.4, 0.5) is 5.82 Å². The maximum absolute atomic E-state index is 12.4. The minimum absolute atomic E-state index is 0.0147. The number of H-pyrrole nitrogens is 1. The molecule has 0 aliphatic carbocycles. The summed E-state index contributed by atoms with van der Waals surface area (Å²) in [7, 11) is 0. The van der Waals surface area contributed by atoms with Crippen molar-refractivity contribution in [2.75, 3.05) is 4.90 Å². The highest BCUT2D eigenvalue weighted by atomic mass is 16.4. The fraction of sp³-hybridized carbons (Fsp3) is 0.143. The van der Waals surface area contributed by atoms with Crippen molar-refractivity contribution in [3.63, 3.8) is 0 Å². The van der Waals surface area contributed by atoms with Crippen LogP contribution in [0.5, 0.6) is 0 Å². The Labute approximate surface area is 119 Å². The molecule has 1 fully saturated rings. The normalized spacial score (nSPS) is 18.3. The summed E-state index contributed by atoms with van der Waals surface area (Å²) in [5.41, 5.74) is 0.584. The fourth-order valence-corrected chi connectivity index (χ4v) is 2.35. The van der Waals surface area contributed by atoms with E-state index in [9.17, 15) is 14.4 Å². The van der Waals surface area contributed by atoms with Crippen molar-refractivity contribution >= 4 is 23.6 Å². The van der Waals surface area contributed by atoms with Crippen LogP contribution in [0.15, 0.2) is 36.4 Å². The van der Waals surface area contributed by atoms with Gasteiger partial charge in [-0.05, 0) is 5.56 Å². The van der Waals surface area contributed by atoms with E-state index in [1.54, 1.807) is 24.3 Å². The number of carboxylic acids is 1. The second-order valence-electron chi connectivity index (χ2n) is 4.68. The van der Waals surface area contributed by atoms with Gasteiger partial charge in [-0.15, -0.1) is 0 Å². The molecule has 1 aromatic carbocycles. The van der Waals surface area contributed by atoms with Crippen molar-refractivity contribution in [1.82, 2.24) is 10.2 Å². The molecular weight excluding hydrogens is 274 g/mol. The van der Waals surface area contributed by atoms with Crippen LogP contribution in [0, 0.1) is 0 Å². The predicted molar refractivity (Wildman–Crippen MR) is 71.8 cm³/mol. The standard InChI is InChI=1S/C14H11N3O4/c18-12-6-9(8-4-2-1-3-5-8)13(19)17(12)11-7-10(14(20)21)15-16-11/h1-5,7,9H,6H2,(H,15,16)(H,20,21). The molecule has 7 nitrogen and oxygen atoms in total. The van der Waals surface area contributed by atoms with Gasteiger partial charge in [-0.1, -0.05) is 30.3 Å². The number of carbonyl (C=O) groups excluding carboxylic acids is 2. The van der Waals surface area contributed by atoms with E-state index in [1.807, 2.05) is 6.07 Å². The van der Waals surface area contributed by atoms with Gasteiger partial charge < -0.3 is 5.11 Å². The van der Waals surface area contributed by atoms with E-state index < -0.39 is 23.7 Å². The lowest BCUT2D eigenvalue weighted by atomic mass is 9.98. The van der Waals surface area contributed by atoms with Crippen molar-refractivity contribution in [2.24, 2.45) is 0 Å². The Morgan fingerprint density at radius 2 is 2.00 bits per heavy atom. The maximum Gasteiger partial charge on any atom is 0.353 e. The third-order valence-electron chi connectivity index (χ3n) is 3.37. The first-order chi connectivity index (χ1) is 10.1. The molecule has 2 N–H and O–H groups in total. The highest BCUT2D eigenvalue weighted by molar-refractivity contribution is 6.22. The van der Waals surface area contributed by atoms with Crippen LogP contribution in [-0.4, -0.2) is 33.1 Å². The summed E-state index contributed by atoms with van der Waals surface area (Å²) < 4.78 is 0. The molecule has 21 heavy (non-hydrogen) atoms. The van der Waals surface area contributed by atoms with Gasteiger partial charge in [0.15, 0.2) is 5.82 Å². The van der Waals surface area contributed by atoms with Crippen LogP contribution >= 0.6 is 0 Å². The highest BCUT2D eigenvalue weighted by Crippen LogP contribution is 2.32. The van der Waals surface area contributed by atoms with E-state index in [2.05, 4.69) is 10.2 Å². The van der Waals surface area contributed by atoms with Gasteiger partial charge in [0.05, 0.1) is 5.92 Å². The Kier molecular flexibility index (Phi) is 3.02. The number of anilines is 1. The number of nitrogens with zero attached hydrogens (tertiary/aromatic N) is 2. The smallest absolute Gasteiger partial charge is 0.353 e. The predicted octanol–water partition coefficient (Wildman–Crippen LogP) is 1.16. The number of carbonyl (C=O) groups is 3.